The normalized spacial score (nSPS) is 29.3. The van der Waals surface area contributed by atoms with Crippen LogP contribution in [0.5, 0.6) is 0 Å². The number of β-amino-alcohol motifs (C(OH)–C–C–N with tert-alkyl or cyclic N) is 1. The van der Waals surface area contributed by atoms with Crippen molar-refractivity contribution in [2.75, 3.05) is 6.54 Å². The van der Waals surface area contributed by atoms with Crippen LogP contribution in [-0.2, 0) is 0 Å². The molecule has 1 aliphatic heterocycles. The highest BCUT2D eigenvalue weighted by Crippen LogP contribution is 1.81. The number of urea groups is 1. The summed E-state index contributed by atoms with van der Waals surface area (Å²) in [6, 6.07) is -0.299. The molecule has 1 fully saturated rings. The van der Waals surface area contributed by atoms with Crippen molar-refractivity contribution < 1.29 is 9.90 Å². The first kappa shape index (κ1) is 4.39. The minimum atomic E-state index is -0.688. The number of carbonyl (C=O) groups excluding carboxylic acids is 1. The first-order valence-electron chi connectivity index (χ1n) is 2.01. The van der Waals surface area contributed by atoms with E-state index in [9.17, 15) is 4.79 Å². The van der Waals surface area contributed by atoms with E-state index in [1.807, 2.05) is 0 Å². The molecule has 0 aromatic carbocycles. The summed E-state index contributed by atoms with van der Waals surface area (Å²) >= 11 is 0. The van der Waals surface area contributed by atoms with Crippen LogP contribution in [0.4, 0.5) is 4.79 Å². The second-order valence-electron chi connectivity index (χ2n) is 1.37. The van der Waals surface area contributed by atoms with Gasteiger partial charge in [-0.1, -0.05) is 0 Å². The van der Waals surface area contributed by atoms with E-state index in [-0.39, 0.29) is 6.03 Å². The van der Waals surface area contributed by atoms with E-state index in [2.05, 4.69) is 10.6 Å². The third kappa shape index (κ3) is 0.806. The van der Waals surface area contributed by atoms with Gasteiger partial charge in [-0.15, -0.1) is 0 Å². The number of carbonyl (C=O) groups is 1. The predicted molar refractivity (Wildman–Crippen MR) is 22.5 cm³/mol. The Morgan fingerprint density at radius 3 is 2.71 bits per heavy atom. The quantitative estimate of drug-likeness (QED) is 0.353. The Bertz CT molecular complexity index is 92.9. The summed E-state index contributed by atoms with van der Waals surface area (Å²) in [6.07, 6.45) is -0.688. The summed E-state index contributed by atoms with van der Waals surface area (Å²) in [6.45, 7) is 0.318. The summed E-state index contributed by atoms with van der Waals surface area (Å²) in [5.74, 6) is 0. The standard InChI is InChI=1S/C3H6N2O2/c6-2-1-4-3(7)5-2/h2,6H,1H2,(H2,4,5,7). The van der Waals surface area contributed by atoms with Crippen LogP contribution in [-0.4, -0.2) is 23.9 Å². The molecule has 7 heavy (non-hydrogen) atoms. The second kappa shape index (κ2) is 1.38. The van der Waals surface area contributed by atoms with Gasteiger partial charge in [0.15, 0.2) is 0 Å². The van der Waals surface area contributed by atoms with Crippen LogP contribution in [0.3, 0.4) is 0 Å². The highest BCUT2D eigenvalue weighted by atomic mass is 16.3. The molecule has 4 heteroatoms. The fraction of sp³-hybridized carbons (Fsp3) is 0.667. The van der Waals surface area contributed by atoms with E-state index in [1.165, 1.54) is 0 Å². The zero-order chi connectivity index (χ0) is 5.28. The molecular formula is C3H6N2O2. The van der Waals surface area contributed by atoms with E-state index in [4.69, 9.17) is 5.11 Å². The lowest BCUT2D eigenvalue weighted by molar-refractivity contribution is 0.172. The number of aliphatic hydroxyl groups is 1. The summed E-state index contributed by atoms with van der Waals surface area (Å²) in [4.78, 5) is 10.1. The van der Waals surface area contributed by atoms with E-state index in [0.29, 0.717) is 6.54 Å². The average Bonchev–Trinajstić information content (AvgIpc) is 1.87. The van der Waals surface area contributed by atoms with Gasteiger partial charge in [0, 0.05) is 0 Å². The van der Waals surface area contributed by atoms with E-state index in [0.717, 1.165) is 0 Å². The molecule has 3 N–H and O–H groups in total. The van der Waals surface area contributed by atoms with E-state index in [1.54, 1.807) is 0 Å². The zero-order valence-electron chi connectivity index (χ0n) is 3.64. The summed E-state index contributed by atoms with van der Waals surface area (Å²) in [5.41, 5.74) is 0. The van der Waals surface area contributed by atoms with Crippen LogP contribution in [0.25, 0.3) is 0 Å². The summed E-state index contributed by atoms with van der Waals surface area (Å²) < 4.78 is 0. The Balaban J connectivity index is 2.40. The van der Waals surface area contributed by atoms with Crippen LogP contribution >= 0.6 is 0 Å². The van der Waals surface area contributed by atoms with Crippen molar-refractivity contribution in [3.8, 4) is 0 Å². The Hall–Kier alpha value is -0.770. The molecular weight excluding hydrogens is 96.0 g/mol. The molecule has 0 spiro atoms. The van der Waals surface area contributed by atoms with Crippen LogP contribution in [0.1, 0.15) is 0 Å². The van der Waals surface area contributed by atoms with Gasteiger partial charge in [-0.3, -0.25) is 0 Å². The molecule has 0 radical (unpaired) electrons. The van der Waals surface area contributed by atoms with Crippen molar-refractivity contribution in [3.63, 3.8) is 0 Å². The molecule has 0 aromatic heterocycles. The van der Waals surface area contributed by atoms with Gasteiger partial charge in [-0.05, 0) is 0 Å². The molecule has 4 nitrogen and oxygen atoms in total. The fourth-order valence-corrected chi connectivity index (χ4v) is 0.443. The number of hydrogen-bond acceptors (Lipinski definition) is 2. The second-order valence-corrected chi connectivity index (χ2v) is 1.37. The largest absolute Gasteiger partial charge is 0.372 e. The molecule has 1 rings (SSSR count). The van der Waals surface area contributed by atoms with Gasteiger partial charge < -0.3 is 15.7 Å². The Morgan fingerprint density at radius 2 is 2.57 bits per heavy atom. The molecule has 1 unspecified atom stereocenters. The SMILES string of the molecule is O=C1NCC(O)N1. The monoisotopic (exact) mass is 102 g/mol. The van der Waals surface area contributed by atoms with E-state index >= 15 is 0 Å². The maximum Gasteiger partial charge on any atom is 0.317 e. The van der Waals surface area contributed by atoms with Gasteiger partial charge in [0.1, 0.15) is 6.23 Å². The minimum Gasteiger partial charge on any atom is -0.372 e. The van der Waals surface area contributed by atoms with Crippen LogP contribution in [0.15, 0.2) is 0 Å². The number of amides is 2. The minimum absolute atomic E-state index is 0.299. The lowest BCUT2D eigenvalue weighted by Gasteiger charge is -1.92. The zero-order valence-corrected chi connectivity index (χ0v) is 3.64. The van der Waals surface area contributed by atoms with E-state index < -0.39 is 6.23 Å². The Morgan fingerprint density at radius 1 is 1.86 bits per heavy atom. The van der Waals surface area contributed by atoms with Crippen molar-refractivity contribution >= 4 is 6.03 Å². The fourth-order valence-electron chi connectivity index (χ4n) is 0.443. The molecule has 1 saturated heterocycles. The summed E-state index contributed by atoms with van der Waals surface area (Å²) in [5, 5.41) is 13.1. The van der Waals surface area contributed by atoms with Crippen molar-refractivity contribution in [3.05, 3.63) is 0 Å². The van der Waals surface area contributed by atoms with Crippen molar-refractivity contribution in [2.45, 2.75) is 6.23 Å². The number of aliphatic hydroxyl groups excluding tert-OH is 1. The molecule has 0 saturated carbocycles. The Labute approximate surface area is 40.5 Å². The molecule has 0 aliphatic carbocycles. The van der Waals surface area contributed by atoms with Gasteiger partial charge in [-0.2, -0.15) is 0 Å². The maximum atomic E-state index is 10.1. The lowest BCUT2D eigenvalue weighted by Crippen LogP contribution is -2.25. The van der Waals surface area contributed by atoms with Crippen LogP contribution < -0.4 is 10.6 Å². The highest BCUT2D eigenvalue weighted by Gasteiger charge is 2.15. The first-order valence-corrected chi connectivity index (χ1v) is 2.01. The first-order chi connectivity index (χ1) is 3.29. The topological polar surface area (TPSA) is 61.4 Å². The molecule has 0 bridgehead atoms. The molecule has 1 atom stereocenters. The third-order valence-corrected chi connectivity index (χ3v) is 0.754. The molecule has 40 valence electrons. The molecule has 1 aliphatic rings. The van der Waals surface area contributed by atoms with Gasteiger partial charge in [0.25, 0.3) is 0 Å². The molecule has 0 aromatic rings. The van der Waals surface area contributed by atoms with Gasteiger partial charge in [-0.25, -0.2) is 4.79 Å². The molecule has 1 heterocycles. The Kier molecular flexibility index (Phi) is 0.867. The van der Waals surface area contributed by atoms with Crippen LogP contribution in [0.2, 0.25) is 0 Å². The van der Waals surface area contributed by atoms with Gasteiger partial charge >= 0.3 is 6.03 Å². The van der Waals surface area contributed by atoms with Crippen molar-refractivity contribution in [1.82, 2.24) is 10.6 Å². The summed E-state index contributed by atoms with van der Waals surface area (Å²) in [7, 11) is 0. The average molecular weight is 102 g/mol. The number of rotatable bonds is 0. The third-order valence-electron chi connectivity index (χ3n) is 0.754. The van der Waals surface area contributed by atoms with Crippen LogP contribution in [0, 0.1) is 0 Å². The van der Waals surface area contributed by atoms with Gasteiger partial charge in [0.2, 0.25) is 0 Å². The lowest BCUT2D eigenvalue weighted by atomic mass is 10.6. The highest BCUT2D eigenvalue weighted by molar-refractivity contribution is 5.76. The maximum absolute atomic E-state index is 10.1. The van der Waals surface area contributed by atoms with Crippen molar-refractivity contribution in [2.24, 2.45) is 0 Å². The molecule has 2 amide bonds. The van der Waals surface area contributed by atoms with Gasteiger partial charge in [0.05, 0.1) is 6.54 Å². The number of nitrogens with one attached hydrogen (secondary N) is 2. The van der Waals surface area contributed by atoms with Crippen molar-refractivity contribution in [1.29, 1.82) is 0 Å². The smallest absolute Gasteiger partial charge is 0.317 e. The number of hydrogen-bond donors (Lipinski definition) is 3. The predicted octanol–water partition coefficient (Wildman–Crippen LogP) is -1.38.